The lowest BCUT2D eigenvalue weighted by molar-refractivity contribution is 0.0189. The summed E-state index contributed by atoms with van der Waals surface area (Å²) < 4.78 is 5.55. The van der Waals surface area contributed by atoms with Crippen molar-refractivity contribution in [1.82, 2.24) is 10.3 Å². The van der Waals surface area contributed by atoms with Gasteiger partial charge in [-0.15, -0.1) is 11.3 Å². The molecule has 1 aromatic rings. The molecule has 0 amide bonds. The Hall–Kier alpha value is -0.450. The minimum atomic E-state index is -0.259. The van der Waals surface area contributed by atoms with Crippen molar-refractivity contribution in [3.63, 3.8) is 0 Å². The van der Waals surface area contributed by atoms with E-state index in [0.717, 1.165) is 18.1 Å². The molecule has 1 aliphatic carbocycles. The molecular weight excluding hydrogens is 244 g/mol. The highest BCUT2D eigenvalue weighted by Gasteiger charge is 2.30. The minimum absolute atomic E-state index is 0.259. The minimum Gasteiger partial charge on any atom is -0.372 e. The third-order valence-corrected chi connectivity index (χ3v) is 5.17. The van der Waals surface area contributed by atoms with Crippen molar-refractivity contribution in [2.45, 2.75) is 51.6 Å². The first-order valence-electron chi connectivity index (χ1n) is 6.84. The molecular formula is C14H24N2OS. The van der Waals surface area contributed by atoms with E-state index in [1.807, 2.05) is 11.3 Å². The van der Waals surface area contributed by atoms with Crippen LogP contribution >= 0.6 is 11.3 Å². The van der Waals surface area contributed by atoms with Crippen LogP contribution in [0.1, 0.15) is 55.1 Å². The smallest absolute Gasteiger partial charge is 0.125 e. The van der Waals surface area contributed by atoms with Crippen molar-refractivity contribution in [1.29, 1.82) is 0 Å². The van der Waals surface area contributed by atoms with Crippen LogP contribution in [0.3, 0.4) is 0 Å². The van der Waals surface area contributed by atoms with Gasteiger partial charge in [0.1, 0.15) is 10.6 Å². The highest BCUT2D eigenvalue weighted by molar-refractivity contribution is 7.11. The van der Waals surface area contributed by atoms with Gasteiger partial charge < -0.3 is 10.1 Å². The van der Waals surface area contributed by atoms with Crippen LogP contribution in [0.4, 0.5) is 0 Å². The molecule has 0 fully saturated rings. The first-order valence-corrected chi connectivity index (χ1v) is 7.66. The number of aromatic nitrogens is 1. The summed E-state index contributed by atoms with van der Waals surface area (Å²) in [7, 11) is 1.76. The van der Waals surface area contributed by atoms with Crippen LogP contribution in [0.5, 0.6) is 0 Å². The van der Waals surface area contributed by atoms with Crippen LogP contribution in [-0.4, -0.2) is 25.2 Å². The zero-order chi connectivity index (χ0) is 13.2. The van der Waals surface area contributed by atoms with Crippen molar-refractivity contribution in [3.05, 3.63) is 15.6 Å². The molecule has 1 heterocycles. The number of hydrogen-bond acceptors (Lipinski definition) is 4. The van der Waals surface area contributed by atoms with Crippen LogP contribution < -0.4 is 5.32 Å². The van der Waals surface area contributed by atoms with Gasteiger partial charge in [-0.2, -0.15) is 0 Å². The maximum absolute atomic E-state index is 5.55. The lowest BCUT2D eigenvalue weighted by Gasteiger charge is -2.21. The Morgan fingerprint density at radius 1 is 1.50 bits per heavy atom. The van der Waals surface area contributed by atoms with E-state index in [-0.39, 0.29) is 5.60 Å². The Labute approximate surface area is 114 Å². The standard InChI is InChI=1S/C14H24N2OS/c1-5-15-9-10-7-6-8-11-12(10)16-13(18-11)14(2,3)17-4/h10,15H,5-9H2,1-4H3. The maximum atomic E-state index is 5.55. The quantitative estimate of drug-likeness (QED) is 0.891. The van der Waals surface area contributed by atoms with Gasteiger partial charge in [-0.25, -0.2) is 4.98 Å². The summed E-state index contributed by atoms with van der Waals surface area (Å²) in [6.07, 6.45) is 3.74. The molecule has 0 saturated heterocycles. The molecule has 18 heavy (non-hydrogen) atoms. The zero-order valence-corrected chi connectivity index (χ0v) is 12.7. The number of thiazole rings is 1. The summed E-state index contributed by atoms with van der Waals surface area (Å²) in [5.74, 6) is 0.589. The third-order valence-electron chi connectivity index (χ3n) is 3.74. The molecule has 4 heteroatoms. The second-order valence-electron chi connectivity index (χ2n) is 5.44. The maximum Gasteiger partial charge on any atom is 0.125 e. The highest BCUT2D eigenvalue weighted by atomic mass is 32.1. The monoisotopic (exact) mass is 268 g/mol. The molecule has 0 aromatic carbocycles. The molecule has 0 saturated carbocycles. The van der Waals surface area contributed by atoms with E-state index < -0.39 is 0 Å². The lowest BCUT2D eigenvalue weighted by atomic mass is 9.91. The van der Waals surface area contributed by atoms with E-state index in [4.69, 9.17) is 9.72 Å². The summed E-state index contributed by atoms with van der Waals surface area (Å²) in [5.41, 5.74) is 1.07. The first-order chi connectivity index (χ1) is 8.58. The molecule has 3 nitrogen and oxygen atoms in total. The topological polar surface area (TPSA) is 34.1 Å². The van der Waals surface area contributed by atoms with E-state index in [0.29, 0.717) is 5.92 Å². The Kier molecular flexibility index (Phi) is 4.41. The Morgan fingerprint density at radius 3 is 2.94 bits per heavy atom. The molecule has 0 radical (unpaired) electrons. The van der Waals surface area contributed by atoms with Crippen LogP contribution in [0.2, 0.25) is 0 Å². The van der Waals surface area contributed by atoms with Gasteiger partial charge in [0.15, 0.2) is 0 Å². The molecule has 1 atom stereocenters. The van der Waals surface area contributed by atoms with E-state index >= 15 is 0 Å². The number of nitrogens with one attached hydrogen (secondary N) is 1. The van der Waals surface area contributed by atoms with Crippen molar-refractivity contribution in [2.24, 2.45) is 0 Å². The van der Waals surface area contributed by atoms with Gasteiger partial charge in [-0.1, -0.05) is 6.92 Å². The summed E-state index contributed by atoms with van der Waals surface area (Å²) >= 11 is 1.84. The Bertz CT molecular complexity index is 400. The SMILES string of the molecule is CCNCC1CCCc2sc(C(C)(C)OC)nc21. The number of methoxy groups -OCH3 is 1. The molecule has 1 unspecified atom stereocenters. The average Bonchev–Trinajstić information content (AvgIpc) is 2.81. The molecule has 0 bridgehead atoms. The lowest BCUT2D eigenvalue weighted by Crippen LogP contribution is -2.24. The van der Waals surface area contributed by atoms with E-state index in [1.165, 1.54) is 29.8 Å². The molecule has 1 aliphatic rings. The van der Waals surface area contributed by atoms with E-state index in [2.05, 4.69) is 26.1 Å². The van der Waals surface area contributed by atoms with Crippen LogP contribution in [0, 0.1) is 0 Å². The number of nitrogens with zero attached hydrogens (tertiary/aromatic N) is 1. The van der Waals surface area contributed by atoms with Gasteiger partial charge in [0, 0.05) is 24.4 Å². The number of rotatable bonds is 5. The predicted molar refractivity (Wildman–Crippen MR) is 76.4 cm³/mol. The second-order valence-corrected chi connectivity index (χ2v) is 6.52. The van der Waals surface area contributed by atoms with Gasteiger partial charge in [0.25, 0.3) is 0 Å². The largest absolute Gasteiger partial charge is 0.372 e. The summed E-state index contributed by atoms with van der Waals surface area (Å²) in [6.45, 7) is 8.43. The van der Waals surface area contributed by atoms with Crippen molar-refractivity contribution in [2.75, 3.05) is 20.2 Å². The molecule has 1 aromatic heterocycles. The Balaban J connectivity index is 2.23. The molecule has 0 spiro atoms. The summed E-state index contributed by atoms with van der Waals surface area (Å²) in [4.78, 5) is 6.36. The van der Waals surface area contributed by atoms with Gasteiger partial charge in [-0.05, 0) is 39.7 Å². The normalized spacial score (nSPS) is 19.9. The average molecular weight is 268 g/mol. The number of aryl methyl sites for hydroxylation is 1. The fraction of sp³-hybridized carbons (Fsp3) is 0.786. The second kappa shape index (κ2) is 5.68. The number of ether oxygens (including phenoxy) is 1. The Morgan fingerprint density at radius 2 is 2.28 bits per heavy atom. The third kappa shape index (κ3) is 2.76. The number of fused-ring (bicyclic) bond motifs is 1. The summed E-state index contributed by atoms with van der Waals surface area (Å²) in [5, 5.41) is 4.58. The van der Waals surface area contributed by atoms with E-state index in [1.54, 1.807) is 7.11 Å². The van der Waals surface area contributed by atoms with Gasteiger partial charge >= 0.3 is 0 Å². The van der Waals surface area contributed by atoms with Gasteiger partial charge in [-0.3, -0.25) is 0 Å². The fourth-order valence-electron chi connectivity index (χ4n) is 2.37. The van der Waals surface area contributed by atoms with E-state index in [9.17, 15) is 0 Å². The van der Waals surface area contributed by atoms with Crippen LogP contribution in [0.15, 0.2) is 0 Å². The van der Waals surface area contributed by atoms with Crippen molar-refractivity contribution in [3.8, 4) is 0 Å². The number of likely N-dealkylation sites (N-methyl/N-ethyl adjacent to an activating group) is 1. The fourth-order valence-corrected chi connectivity index (χ4v) is 3.64. The first kappa shape index (κ1) is 14.0. The van der Waals surface area contributed by atoms with Crippen LogP contribution in [-0.2, 0) is 16.8 Å². The van der Waals surface area contributed by atoms with Gasteiger partial charge in [0.2, 0.25) is 0 Å². The zero-order valence-electron chi connectivity index (χ0n) is 11.9. The number of hydrogen-bond donors (Lipinski definition) is 1. The molecule has 2 rings (SSSR count). The van der Waals surface area contributed by atoms with Gasteiger partial charge in [0.05, 0.1) is 5.69 Å². The van der Waals surface area contributed by atoms with Crippen LogP contribution in [0.25, 0.3) is 0 Å². The van der Waals surface area contributed by atoms with Crippen molar-refractivity contribution < 1.29 is 4.74 Å². The molecule has 102 valence electrons. The summed E-state index contributed by atoms with van der Waals surface area (Å²) in [6, 6.07) is 0. The molecule has 1 N–H and O–H groups in total. The highest BCUT2D eigenvalue weighted by Crippen LogP contribution is 2.38. The van der Waals surface area contributed by atoms with Crippen molar-refractivity contribution >= 4 is 11.3 Å². The predicted octanol–water partition coefficient (Wildman–Crippen LogP) is 3.05. The molecule has 0 aliphatic heterocycles.